The van der Waals surface area contributed by atoms with Gasteiger partial charge in [0.25, 0.3) is 0 Å². The van der Waals surface area contributed by atoms with Crippen molar-refractivity contribution < 1.29 is 5.11 Å². The highest BCUT2D eigenvalue weighted by Crippen LogP contribution is 2.18. The first-order valence-electron chi connectivity index (χ1n) is 2.92. The molecule has 0 aromatic carbocycles. The summed E-state index contributed by atoms with van der Waals surface area (Å²) in [7, 11) is 1.74. The third-order valence-electron chi connectivity index (χ3n) is 1.56. The van der Waals surface area contributed by atoms with Crippen LogP contribution in [0.2, 0.25) is 0 Å². The van der Waals surface area contributed by atoms with E-state index in [1.165, 1.54) is 0 Å². The summed E-state index contributed by atoms with van der Waals surface area (Å²) in [5, 5.41) is 17.6. The van der Waals surface area contributed by atoms with Crippen molar-refractivity contribution in [1.29, 1.82) is 5.26 Å². The highest BCUT2D eigenvalue weighted by molar-refractivity contribution is 5.40. The Morgan fingerprint density at radius 2 is 2.30 bits per heavy atom. The van der Waals surface area contributed by atoms with Crippen LogP contribution >= 0.6 is 0 Å². The van der Waals surface area contributed by atoms with Crippen LogP contribution < -0.4 is 0 Å². The lowest BCUT2D eigenvalue weighted by atomic mass is 10.4. The fraction of sp³-hybridized carbons (Fsp3) is 0.286. The topological polar surface area (TPSA) is 48.9 Å². The summed E-state index contributed by atoms with van der Waals surface area (Å²) in [6.45, 7) is 1.83. The van der Waals surface area contributed by atoms with Crippen LogP contribution in [0.3, 0.4) is 0 Å². The normalized spacial score (nSPS) is 9.30. The lowest BCUT2D eigenvalue weighted by Crippen LogP contribution is -1.92. The smallest absolute Gasteiger partial charge is 0.162 e. The summed E-state index contributed by atoms with van der Waals surface area (Å²) in [4.78, 5) is 0. The summed E-state index contributed by atoms with van der Waals surface area (Å²) >= 11 is 0. The maximum absolute atomic E-state index is 9.07. The van der Waals surface area contributed by atoms with Gasteiger partial charge in [-0.05, 0) is 6.92 Å². The number of aromatic nitrogens is 1. The zero-order chi connectivity index (χ0) is 7.72. The first-order valence-corrected chi connectivity index (χ1v) is 2.92. The highest BCUT2D eigenvalue weighted by atomic mass is 16.3. The number of aromatic hydroxyl groups is 1. The number of aryl methyl sites for hydroxylation is 1. The van der Waals surface area contributed by atoms with Gasteiger partial charge in [0, 0.05) is 18.8 Å². The second-order valence-electron chi connectivity index (χ2n) is 2.19. The van der Waals surface area contributed by atoms with Crippen LogP contribution in [0, 0.1) is 18.3 Å². The predicted molar refractivity (Wildman–Crippen MR) is 36.5 cm³/mol. The molecule has 1 aromatic rings. The van der Waals surface area contributed by atoms with Gasteiger partial charge in [-0.3, -0.25) is 0 Å². The van der Waals surface area contributed by atoms with E-state index >= 15 is 0 Å². The molecule has 0 radical (unpaired) electrons. The lowest BCUT2D eigenvalue weighted by Gasteiger charge is -1.94. The molecule has 0 spiro atoms. The van der Waals surface area contributed by atoms with E-state index in [0.717, 1.165) is 5.69 Å². The van der Waals surface area contributed by atoms with E-state index in [4.69, 9.17) is 10.4 Å². The molecule has 0 saturated heterocycles. The van der Waals surface area contributed by atoms with Crippen molar-refractivity contribution in [3.05, 3.63) is 17.5 Å². The molecule has 1 N–H and O–H groups in total. The Kier molecular flexibility index (Phi) is 1.38. The standard InChI is InChI=1S/C7H8N2O/c1-5-3-7(10)6(4-8)9(5)2/h3,10H,1-2H3. The van der Waals surface area contributed by atoms with Gasteiger partial charge in [-0.15, -0.1) is 0 Å². The third-order valence-corrected chi connectivity index (χ3v) is 1.56. The minimum atomic E-state index is 0.0579. The molecule has 52 valence electrons. The minimum Gasteiger partial charge on any atom is -0.505 e. The maximum atomic E-state index is 9.07. The zero-order valence-corrected chi connectivity index (χ0v) is 5.92. The SMILES string of the molecule is Cc1cc(O)c(C#N)n1C. The Labute approximate surface area is 59.1 Å². The van der Waals surface area contributed by atoms with Crippen molar-refractivity contribution >= 4 is 0 Å². The molecule has 1 heterocycles. The monoisotopic (exact) mass is 136 g/mol. The molecule has 10 heavy (non-hydrogen) atoms. The molecule has 0 aliphatic carbocycles. The number of hydrogen-bond acceptors (Lipinski definition) is 2. The molecule has 1 aromatic heterocycles. The Bertz CT molecular complexity index is 293. The highest BCUT2D eigenvalue weighted by Gasteiger charge is 2.06. The molecule has 0 amide bonds. The van der Waals surface area contributed by atoms with Crippen LogP contribution in [0.4, 0.5) is 0 Å². The van der Waals surface area contributed by atoms with Crippen molar-refractivity contribution in [3.8, 4) is 11.8 Å². The molecule has 0 saturated carbocycles. The summed E-state index contributed by atoms with van der Waals surface area (Å²) < 4.78 is 1.65. The molecule has 0 aliphatic rings. The molecule has 3 nitrogen and oxygen atoms in total. The largest absolute Gasteiger partial charge is 0.505 e. The van der Waals surface area contributed by atoms with Crippen LogP contribution in [-0.2, 0) is 7.05 Å². The minimum absolute atomic E-state index is 0.0579. The third kappa shape index (κ3) is 0.742. The van der Waals surface area contributed by atoms with Gasteiger partial charge < -0.3 is 9.67 Å². The first kappa shape index (κ1) is 6.69. The molecular weight excluding hydrogens is 128 g/mol. The van der Waals surface area contributed by atoms with Gasteiger partial charge in [-0.1, -0.05) is 0 Å². The second-order valence-corrected chi connectivity index (χ2v) is 2.19. The Morgan fingerprint density at radius 1 is 1.70 bits per heavy atom. The van der Waals surface area contributed by atoms with E-state index in [2.05, 4.69) is 0 Å². The van der Waals surface area contributed by atoms with E-state index in [0.29, 0.717) is 5.69 Å². The Balaban J connectivity index is 3.37. The fourth-order valence-electron chi connectivity index (χ4n) is 0.843. The number of hydrogen-bond donors (Lipinski definition) is 1. The number of nitriles is 1. The van der Waals surface area contributed by atoms with Crippen LogP contribution in [-0.4, -0.2) is 9.67 Å². The van der Waals surface area contributed by atoms with Crippen molar-refractivity contribution in [3.63, 3.8) is 0 Å². The molecular formula is C7H8N2O. The summed E-state index contributed by atoms with van der Waals surface area (Å²) in [5.74, 6) is 0.0579. The predicted octanol–water partition coefficient (Wildman–Crippen LogP) is 0.911. The van der Waals surface area contributed by atoms with Gasteiger partial charge in [0.05, 0.1) is 0 Å². The first-order chi connectivity index (χ1) is 4.66. The van der Waals surface area contributed by atoms with Gasteiger partial charge in [0.15, 0.2) is 11.4 Å². The van der Waals surface area contributed by atoms with Crippen molar-refractivity contribution in [2.75, 3.05) is 0 Å². The van der Waals surface area contributed by atoms with Gasteiger partial charge >= 0.3 is 0 Å². The zero-order valence-electron chi connectivity index (χ0n) is 5.92. The van der Waals surface area contributed by atoms with Gasteiger partial charge in [-0.2, -0.15) is 5.26 Å². The van der Waals surface area contributed by atoms with Crippen LogP contribution in [0.25, 0.3) is 0 Å². The van der Waals surface area contributed by atoms with Crippen LogP contribution in [0.15, 0.2) is 6.07 Å². The average Bonchev–Trinajstić information content (AvgIpc) is 2.09. The van der Waals surface area contributed by atoms with Gasteiger partial charge in [-0.25, -0.2) is 0 Å². The van der Waals surface area contributed by atoms with E-state index in [1.54, 1.807) is 17.7 Å². The molecule has 0 unspecified atom stereocenters. The van der Waals surface area contributed by atoms with Crippen LogP contribution in [0.5, 0.6) is 5.75 Å². The molecule has 0 fully saturated rings. The van der Waals surface area contributed by atoms with Crippen molar-refractivity contribution in [2.45, 2.75) is 6.92 Å². The summed E-state index contributed by atoms with van der Waals surface area (Å²) in [5.41, 5.74) is 1.20. The average molecular weight is 136 g/mol. The Morgan fingerprint density at radius 3 is 2.50 bits per heavy atom. The number of nitrogens with zero attached hydrogens (tertiary/aromatic N) is 2. The number of rotatable bonds is 0. The molecule has 3 heteroatoms. The quantitative estimate of drug-likeness (QED) is 0.576. The molecule has 1 rings (SSSR count). The molecule has 0 atom stereocenters. The summed E-state index contributed by atoms with van der Waals surface area (Å²) in [6.07, 6.45) is 0. The van der Waals surface area contributed by atoms with Gasteiger partial charge in [0.1, 0.15) is 6.07 Å². The van der Waals surface area contributed by atoms with Gasteiger partial charge in [0.2, 0.25) is 0 Å². The van der Waals surface area contributed by atoms with E-state index in [1.807, 2.05) is 13.0 Å². The van der Waals surface area contributed by atoms with Crippen molar-refractivity contribution in [2.24, 2.45) is 7.05 Å². The lowest BCUT2D eigenvalue weighted by molar-refractivity contribution is 0.472. The van der Waals surface area contributed by atoms with E-state index < -0.39 is 0 Å². The van der Waals surface area contributed by atoms with Crippen LogP contribution in [0.1, 0.15) is 11.4 Å². The Hall–Kier alpha value is -1.43. The van der Waals surface area contributed by atoms with E-state index in [-0.39, 0.29) is 5.75 Å². The van der Waals surface area contributed by atoms with Crippen molar-refractivity contribution in [1.82, 2.24) is 4.57 Å². The second kappa shape index (κ2) is 2.07. The molecule has 0 aliphatic heterocycles. The molecule has 0 bridgehead atoms. The van der Waals surface area contributed by atoms with E-state index in [9.17, 15) is 0 Å². The fourth-order valence-corrected chi connectivity index (χ4v) is 0.843. The summed E-state index contributed by atoms with van der Waals surface area (Å²) in [6, 6.07) is 3.47. The maximum Gasteiger partial charge on any atom is 0.162 e.